The molecular weight excluding hydrogens is 496 g/mol. The van der Waals surface area contributed by atoms with Gasteiger partial charge in [0.2, 0.25) is 5.91 Å². The summed E-state index contributed by atoms with van der Waals surface area (Å²) in [4.78, 5) is 51.9. The molecule has 0 radical (unpaired) electrons. The first-order valence-electron chi connectivity index (χ1n) is 13.7. The number of fused-ring (bicyclic) bond motifs is 12. The van der Waals surface area contributed by atoms with Crippen molar-refractivity contribution in [1.82, 2.24) is 21.1 Å². The number of ether oxygens (including phenoxy) is 1. The van der Waals surface area contributed by atoms with Gasteiger partial charge in [0, 0.05) is 13.0 Å². The van der Waals surface area contributed by atoms with Crippen LogP contribution in [0.2, 0.25) is 0 Å². The van der Waals surface area contributed by atoms with E-state index in [0.29, 0.717) is 25.8 Å². The summed E-state index contributed by atoms with van der Waals surface area (Å²) < 4.78 is 5.55. The Kier molecular flexibility index (Phi) is 9.01. The van der Waals surface area contributed by atoms with Gasteiger partial charge in [-0.1, -0.05) is 56.3 Å². The lowest BCUT2D eigenvalue weighted by Gasteiger charge is -2.35. The summed E-state index contributed by atoms with van der Waals surface area (Å²) in [5.74, 6) is -1.82. The standard InChI is InChI=1S/C30H38N4O5/c1-18(2)27-29(37)32-20(4)30(38)34-16-6-9-25(33-34)28(36)31-19(3)23-7-5-8-24(17-23)22-13-10-21(11-14-22)12-15-26(35)39-27/h5,7-8,10-11,13-14,17-20,25,27,33H,6,9,12,15-16H2,1-4H3,(H,31,36)(H,32,37). The monoisotopic (exact) mass is 534 g/mol. The van der Waals surface area contributed by atoms with E-state index in [4.69, 9.17) is 4.74 Å². The molecule has 9 nitrogen and oxygen atoms in total. The van der Waals surface area contributed by atoms with Crippen LogP contribution in [-0.4, -0.2) is 53.4 Å². The third kappa shape index (κ3) is 7.03. The zero-order valence-electron chi connectivity index (χ0n) is 23.0. The zero-order chi connectivity index (χ0) is 28.1. The summed E-state index contributed by atoms with van der Waals surface area (Å²) >= 11 is 0. The van der Waals surface area contributed by atoms with E-state index in [1.807, 2.05) is 49.4 Å². The smallest absolute Gasteiger partial charge is 0.306 e. The first kappa shape index (κ1) is 28.3. The number of aryl methyl sites for hydroxylation is 1. The van der Waals surface area contributed by atoms with Gasteiger partial charge in [0.25, 0.3) is 11.8 Å². The number of nitrogens with one attached hydrogen (secondary N) is 3. The van der Waals surface area contributed by atoms with Crippen LogP contribution < -0.4 is 16.1 Å². The van der Waals surface area contributed by atoms with Crippen molar-refractivity contribution in [1.29, 1.82) is 0 Å². The Hall–Kier alpha value is -3.72. The lowest BCUT2D eigenvalue weighted by atomic mass is 9.98. The summed E-state index contributed by atoms with van der Waals surface area (Å²) in [5.41, 5.74) is 7.03. The topological polar surface area (TPSA) is 117 Å². The van der Waals surface area contributed by atoms with Crippen LogP contribution in [0.25, 0.3) is 11.1 Å². The van der Waals surface area contributed by atoms with Gasteiger partial charge in [0.05, 0.1) is 6.04 Å². The second kappa shape index (κ2) is 12.4. The Morgan fingerprint density at radius 3 is 2.31 bits per heavy atom. The first-order valence-corrected chi connectivity index (χ1v) is 13.7. The Morgan fingerprint density at radius 2 is 1.59 bits per heavy atom. The van der Waals surface area contributed by atoms with E-state index in [2.05, 4.69) is 22.1 Å². The predicted molar refractivity (Wildman–Crippen MR) is 147 cm³/mol. The van der Waals surface area contributed by atoms with Crippen LogP contribution in [0.1, 0.15) is 64.1 Å². The molecule has 5 rings (SSSR count). The molecule has 6 bridgehead atoms. The second-order valence-electron chi connectivity index (χ2n) is 10.8. The van der Waals surface area contributed by atoms with Crippen molar-refractivity contribution >= 4 is 23.7 Å². The van der Waals surface area contributed by atoms with Crippen molar-refractivity contribution in [3.63, 3.8) is 0 Å². The van der Waals surface area contributed by atoms with Crippen LogP contribution in [0, 0.1) is 5.92 Å². The average molecular weight is 535 g/mol. The molecule has 3 heterocycles. The van der Waals surface area contributed by atoms with Crippen molar-refractivity contribution in [2.24, 2.45) is 5.92 Å². The molecule has 4 unspecified atom stereocenters. The number of nitrogens with zero attached hydrogens (tertiary/aromatic N) is 1. The Morgan fingerprint density at radius 1 is 0.872 bits per heavy atom. The molecule has 1 fully saturated rings. The molecule has 208 valence electrons. The predicted octanol–water partition coefficient (Wildman–Crippen LogP) is 3.05. The summed E-state index contributed by atoms with van der Waals surface area (Å²) in [6.45, 7) is 7.52. The molecule has 2 aromatic rings. The first-order chi connectivity index (χ1) is 18.6. The normalized spacial score (nSPS) is 25.3. The van der Waals surface area contributed by atoms with Gasteiger partial charge in [0.1, 0.15) is 12.1 Å². The average Bonchev–Trinajstić information content (AvgIpc) is 2.94. The van der Waals surface area contributed by atoms with Crippen molar-refractivity contribution < 1.29 is 23.9 Å². The number of rotatable bonds is 1. The van der Waals surface area contributed by atoms with Crippen LogP contribution in [0.5, 0.6) is 0 Å². The molecular formula is C30H38N4O5. The highest BCUT2D eigenvalue weighted by molar-refractivity contribution is 5.90. The van der Waals surface area contributed by atoms with Crippen LogP contribution in [0.15, 0.2) is 48.5 Å². The number of esters is 1. The number of hydrogen-bond donors (Lipinski definition) is 3. The minimum Gasteiger partial charge on any atom is -0.452 e. The highest BCUT2D eigenvalue weighted by atomic mass is 16.5. The van der Waals surface area contributed by atoms with E-state index in [1.165, 1.54) is 5.01 Å². The fourth-order valence-corrected chi connectivity index (χ4v) is 4.91. The lowest BCUT2D eigenvalue weighted by molar-refractivity contribution is -0.159. The minimum atomic E-state index is -1.02. The Balaban J connectivity index is 1.61. The van der Waals surface area contributed by atoms with Gasteiger partial charge in [-0.2, -0.15) is 0 Å². The molecule has 9 heteroatoms. The second-order valence-corrected chi connectivity index (χ2v) is 10.8. The van der Waals surface area contributed by atoms with E-state index >= 15 is 0 Å². The minimum absolute atomic E-state index is 0.135. The summed E-state index contributed by atoms with van der Waals surface area (Å²) in [7, 11) is 0. The molecule has 1 saturated heterocycles. The molecule has 0 spiro atoms. The van der Waals surface area contributed by atoms with Crippen molar-refractivity contribution in [2.45, 2.75) is 77.6 Å². The Labute approximate surface area is 229 Å². The molecule has 39 heavy (non-hydrogen) atoms. The molecule has 3 N–H and O–H groups in total. The van der Waals surface area contributed by atoms with Gasteiger partial charge in [-0.3, -0.25) is 24.2 Å². The van der Waals surface area contributed by atoms with Crippen LogP contribution in [-0.2, 0) is 30.3 Å². The molecule has 0 aromatic heterocycles. The van der Waals surface area contributed by atoms with E-state index in [0.717, 1.165) is 22.3 Å². The van der Waals surface area contributed by atoms with Gasteiger partial charge in [-0.05, 0) is 67.3 Å². The number of hydrazine groups is 1. The fraction of sp³-hybridized carbons (Fsp3) is 0.467. The summed E-state index contributed by atoms with van der Waals surface area (Å²) in [6.07, 6.45) is 0.820. The van der Waals surface area contributed by atoms with Crippen molar-refractivity contribution in [3.8, 4) is 11.1 Å². The largest absolute Gasteiger partial charge is 0.452 e. The number of carbonyl (C=O) groups is 4. The molecule has 2 aromatic carbocycles. The molecule has 4 atom stereocenters. The number of hydrogen-bond acceptors (Lipinski definition) is 6. The maximum atomic E-state index is 13.1. The van der Waals surface area contributed by atoms with Gasteiger partial charge in [-0.15, -0.1) is 0 Å². The van der Waals surface area contributed by atoms with Gasteiger partial charge in [0.15, 0.2) is 6.10 Å². The van der Waals surface area contributed by atoms with Gasteiger partial charge < -0.3 is 15.4 Å². The molecule has 0 aliphatic carbocycles. The quantitative estimate of drug-likeness (QED) is 0.485. The third-order valence-electron chi connectivity index (χ3n) is 7.27. The lowest BCUT2D eigenvalue weighted by Crippen LogP contribution is -2.61. The Bertz CT molecular complexity index is 1210. The highest BCUT2D eigenvalue weighted by Gasteiger charge is 2.33. The van der Waals surface area contributed by atoms with E-state index < -0.39 is 30.1 Å². The summed E-state index contributed by atoms with van der Waals surface area (Å²) in [6, 6.07) is 14.3. The molecule has 0 saturated carbocycles. The van der Waals surface area contributed by atoms with E-state index in [9.17, 15) is 19.2 Å². The zero-order valence-corrected chi connectivity index (χ0v) is 23.0. The number of carbonyl (C=O) groups excluding carboxylic acids is 4. The van der Waals surface area contributed by atoms with Crippen molar-refractivity contribution in [3.05, 3.63) is 59.7 Å². The maximum absolute atomic E-state index is 13.1. The van der Waals surface area contributed by atoms with Gasteiger partial charge >= 0.3 is 5.97 Å². The van der Waals surface area contributed by atoms with Crippen LogP contribution in [0.4, 0.5) is 0 Å². The number of benzene rings is 2. The van der Waals surface area contributed by atoms with Crippen LogP contribution in [0.3, 0.4) is 0 Å². The van der Waals surface area contributed by atoms with E-state index in [-0.39, 0.29) is 30.2 Å². The SMILES string of the molecule is CC1NC(=O)C(C(C)C)OC(=O)CCc2ccc(cc2)-c2cccc(c2)C(C)NC(=O)C2CCCN(N2)C1=O. The molecule has 3 aliphatic heterocycles. The van der Waals surface area contributed by atoms with Gasteiger partial charge in [-0.25, -0.2) is 5.43 Å². The fourth-order valence-electron chi connectivity index (χ4n) is 4.91. The van der Waals surface area contributed by atoms with Crippen LogP contribution >= 0.6 is 0 Å². The number of amides is 3. The maximum Gasteiger partial charge on any atom is 0.306 e. The van der Waals surface area contributed by atoms with E-state index in [1.54, 1.807) is 20.8 Å². The molecule has 3 aliphatic rings. The highest BCUT2D eigenvalue weighted by Crippen LogP contribution is 2.25. The third-order valence-corrected chi connectivity index (χ3v) is 7.27. The summed E-state index contributed by atoms with van der Waals surface area (Å²) in [5, 5.41) is 7.16. The molecule has 3 amide bonds. The van der Waals surface area contributed by atoms with Crippen molar-refractivity contribution in [2.75, 3.05) is 6.54 Å².